The third-order valence-electron chi connectivity index (χ3n) is 3.34. The van der Waals surface area contributed by atoms with Crippen LogP contribution in [0.25, 0.3) is 11.5 Å². The van der Waals surface area contributed by atoms with E-state index in [2.05, 4.69) is 48.9 Å². The highest BCUT2D eigenvalue weighted by Gasteiger charge is 2.22. The van der Waals surface area contributed by atoms with Gasteiger partial charge in [-0.2, -0.15) is 4.98 Å². The lowest BCUT2D eigenvalue weighted by Crippen LogP contribution is -2.15. The van der Waals surface area contributed by atoms with E-state index < -0.39 is 0 Å². The van der Waals surface area contributed by atoms with Crippen LogP contribution in [0.15, 0.2) is 22.9 Å². The average Bonchev–Trinajstić information content (AvgIpc) is 2.74. The molecule has 1 atom stereocenters. The molecule has 0 radical (unpaired) electrons. The number of aromatic nitrogens is 3. The van der Waals surface area contributed by atoms with Gasteiger partial charge < -0.3 is 4.52 Å². The Balaban J connectivity index is 2.25. The molecule has 2 rings (SSSR count). The van der Waals surface area contributed by atoms with Crippen LogP contribution in [0, 0.1) is 12.3 Å². The van der Waals surface area contributed by atoms with Gasteiger partial charge in [-0.1, -0.05) is 38.9 Å². The number of hydrogen-bond acceptors (Lipinski definition) is 4. The van der Waals surface area contributed by atoms with Crippen LogP contribution in [0.2, 0.25) is 0 Å². The summed E-state index contributed by atoms with van der Waals surface area (Å²) in [6.07, 6.45) is 1.90. The quantitative estimate of drug-likeness (QED) is 0.811. The zero-order valence-electron chi connectivity index (χ0n) is 11.6. The average molecular weight is 245 g/mol. The van der Waals surface area contributed by atoms with Gasteiger partial charge in [0.2, 0.25) is 11.7 Å². The normalized spacial score (nSPS) is 13.6. The minimum absolute atomic E-state index is 0.228. The molecule has 2 aromatic heterocycles. The van der Waals surface area contributed by atoms with Crippen molar-refractivity contribution in [2.45, 2.75) is 40.5 Å². The largest absolute Gasteiger partial charge is 0.339 e. The highest BCUT2D eigenvalue weighted by molar-refractivity contribution is 5.48. The van der Waals surface area contributed by atoms with Crippen LogP contribution < -0.4 is 0 Å². The summed E-state index contributed by atoms with van der Waals surface area (Å²) in [6.45, 7) is 10.7. The lowest BCUT2D eigenvalue weighted by Gasteiger charge is -2.27. The second-order valence-electron chi connectivity index (χ2n) is 5.70. The maximum Gasteiger partial charge on any atom is 0.223 e. The third-order valence-corrected chi connectivity index (χ3v) is 3.34. The predicted octanol–water partition coefficient (Wildman–Crippen LogP) is 3.59. The van der Waals surface area contributed by atoms with Crippen molar-refractivity contribution < 1.29 is 4.52 Å². The van der Waals surface area contributed by atoms with Gasteiger partial charge in [-0.05, 0) is 23.0 Å². The second-order valence-corrected chi connectivity index (χ2v) is 5.70. The van der Waals surface area contributed by atoms with E-state index in [1.165, 1.54) is 5.56 Å². The number of hydrogen-bond donors (Lipinski definition) is 0. The molecule has 96 valence electrons. The Kier molecular flexibility index (Phi) is 3.20. The summed E-state index contributed by atoms with van der Waals surface area (Å²) in [7, 11) is 0. The van der Waals surface area contributed by atoms with Crippen molar-refractivity contribution in [2.24, 2.45) is 5.41 Å². The summed E-state index contributed by atoms with van der Waals surface area (Å²) in [4.78, 5) is 8.58. The van der Waals surface area contributed by atoms with Crippen LogP contribution in [0.5, 0.6) is 0 Å². The first-order valence-corrected chi connectivity index (χ1v) is 6.14. The molecule has 0 aliphatic heterocycles. The molecule has 0 amide bonds. The van der Waals surface area contributed by atoms with Crippen molar-refractivity contribution in [3.63, 3.8) is 0 Å². The standard InChI is InChI=1S/C14H19N3O/c1-9(14(3,4)5)11-6-7-12(15-8-11)13-16-10(2)18-17-13/h6-9H,1-5H3. The van der Waals surface area contributed by atoms with Crippen LogP contribution in [0.4, 0.5) is 0 Å². The zero-order valence-corrected chi connectivity index (χ0v) is 11.6. The fraction of sp³-hybridized carbons (Fsp3) is 0.500. The number of pyridine rings is 1. The summed E-state index contributed by atoms with van der Waals surface area (Å²) in [6, 6.07) is 4.03. The molecule has 0 saturated heterocycles. The summed E-state index contributed by atoms with van der Waals surface area (Å²) in [5.41, 5.74) is 2.20. The maximum absolute atomic E-state index is 4.95. The molecule has 4 heteroatoms. The van der Waals surface area contributed by atoms with Crippen LogP contribution in [0.3, 0.4) is 0 Å². The van der Waals surface area contributed by atoms with Crippen LogP contribution >= 0.6 is 0 Å². The molecule has 4 nitrogen and oxygen atoms in total. The van der Waals surface area contributed by atoms with Gasteiger partial charge in [0.15, 0.2) is 0 Å². The van der Waals surface area contributed by atoms with Crippen LogP contribution in [-0.2, 0) is 0 Å². The summed E-state index contributed by atoms with van der Waals surface area (Å²) >= 11 is 0. The highest BCUT2D eigenvalue weighted by Crippen LogP contribution is 2.34. The molecule has 0 bridgehead atoms. The van der Waals surface area contributed by atoms with Gasteiger partial charge in [-0.3, -0.25) is 4.98 Å². The first-order valence-electron chi connectivity index (χ1n) is 6.14. The minimum atomic E-state index is 0.228. The van der Waals surface area contributed by atoms with Gasteiger partial charge in [-0.15, -0.1) is 0 Å². The molecule has 0 aliphatic rings. The highest BCUT2D eigenvalue weighted by atomic mass is 16.5. The predicted molar refractivity (Wildman–Crippen MR) is 70.1 cm³/mol. The lowest BCUT2D eigenvalue weighted by atomic mass is 9.78. The van der Waals surface area contributed by atoms with Gasteiger partial charge >= 0.3 is 0 Å². The van der Waals surface area contributed by atoms with Crippen molar-refractivity contribution in [3.05, 3.63) is 29.8 Å². The molecule has 0 N–H and O–H groups in total. The Morgan fingerprint density at radius 2 is 1.94 bits per heavy atom. The smallest absolute Gasteiger partial charge is 0.223 e. The van der Waals surface area contributed by atoms with Gasteiger partial charge in [0.25, 0.3) is 0 Å². The summed E-state index contributed by atoms with van der Waals surface area (Å²) in [5, 5.41) is 3.86. The molecular formula is C14H19N3O. The molecule has 18 heavy (non-hydrogen) atoms. The van der Waals surface area contributed by atoms with E-state index in [1.54, 1.807) is 6.92 Å². The van der Waals surface area contributed by atoms with E-state index in [0.717, 1.165) is 5.69 Å². The first kappa shape index (κ1) is 12.7. The Bertz CT molecular complexity index is 523. The van der Waals surface area contributed by atoms with E-state index in [0.29, 0.717) is 17.6 Å². The monoisotopic (exact) mass is 245 g/mol. The van der Waals surface area contributed by atoms with E-state index in [9.17, 15) is 0 Å². The Morgan fingerprint density at radius 3 is 2.39 bits per heavy atom. The van der Waals surface area contributed by atoms with Crippen molar-refractivity contribution in [1.29, 1.82) is 0 Å². The molecule has 0 aromatic carbocycles. The Labute approximate surface area is 107 Å². The van der Waals surface area contributed by atoms with Gasteiger partial charge in [0, 0.05) is 13.1 Å². The number of aryl methyl sites for hydroxylation is 1. The summed E-state index contributed by atoms with van der Waals surface area (Å²) < 4.78 is 4.95. The third kappa shape index (κ3) is 2.58. The van der Waals surface area contributed by atoms with E-state index in [4.69, 9.17) is 4.52 Å². The number of rotatable bonds is 2. The van der Waals surface area contributed by atoms with Crippen molar-refractivity contribution in [1.82, 2.24) is 15.1 Å². The van der Waals surface area contributed by atoms with Gasteiger partial charge in [0.1, 0.15) is 5.69 Å². The molecule has 2 heterocycles. The maximum atomic E-state index is 4.95. The topological polar surface area (TPSA) is 51.8 Å². The minimum Gasteiger partial charge on any atom is -0.339 e. The zero-order chi connectivity index (χ0) is 13.3. The molecule has 2 aromatic rings. The van der Waals surface area contributed by atoms with Crippen molar-refractivity contribution in [3.8, 4) is 11.5 Å². The lowest BCUT2D eigenvalue weighted by molar-refractivity contribution is 0.339. The molecule has 0 aliphatic carbocycles. The molecule has 0 saturated carbocycles. The fourth-order valence-corrected chi connectivity index (χ4v) is 1.70. The van der Waals surface area contributed by atoms with Crippen LogP contribution in [0.1, 0.15) is 45.1 Å². The molecule has 0 fully saturated rings. The SMILES string of the molecule is Cc1nc(-c2ccc(C(C)C(C)(C)C)cn2)no1. The number of nitrogens with zero attached hydrogens (tertiary/aromatic N) is 3. The fourth-order valence-electron chi connectivity index (χ4n) is 1.70. The molecule has 0 spiro atoms. The van der Waals surface area contributed by atoms with Crippen molar-refractivity contribution >= 4 is 0 Å². The van der Waals surface area contributed by atoms with E-state index in [1.807, 2.05) is 12.3 Å². The van der Waals surface area contributed by atoms with E-state index >= 15 is 0 Å². The second kappa shape index (κ2) is 4.52. The van der Waals surface area contributed by atoms with Crippen molar-refractivity contribution in [2.75, 3.05) is 0 Å². The van der Waals surface area contributed by atoms with Gasteiger partial charge in [0.05, 0.1) is 0 Å². The summed E-state index contributed by atoms with van der Waals surface area (Å²) in [5.74, 6) is 1.55. The molecular weight excluding hydrogens is 226 g/mol. The first-order chi connectivity index (χ1) is 8.38. The van der Waals surface area contributed by atoms with E-state index in [-0.39, 0.29) is 5.41 Å². The Hall–Kier alpha value is -1.71. The molecule has 1 unspecified atom stereocenters. The van der Waals surface area contributed by atoms with Gasteiger partial charge in [-0.25, -0.2) is 0 Å². The Morgan fingerprint density at radius 1 is 1.22 bits per heavy atom. The van der Waals surface area contributed by atoms with Crippen LogP contribution in [-0.4, -0.2) is 15.1 Å².